The number of aromatic amines is 1. The Morgan fingerprint density at radius 2 is 2.32 bits per heavy atom. The molecule has 0 saturated heterocycles. The van der Waals surface area contributed by atoms with E-state index in [4.69, 9.17) is 16.1 Å². The number of H-pyrrole nitrogens is 1. The Bertz CT molecular complexity index is 796. The second-order valence-corrected chi connectivity index (χ2v) is 3.72. The molecule has 0 radical (unpaired) electrons. The van der Waals surface area contributed by atoms with Crippen LogP contribution in [0.4, 0.5) is 5.95 Å². The van der Waals surface area contributed by atoms with Crippen LogP contribution in [0.25, 0.3) is 16.9 Å². The summed E-state index contributed by atoms with van der Waals surface area (Å²) in [6, 6.07) is 3.61. The van der Waals surface area contributed by atoms with Crippen LogP contribution in [0.15, 0.2) is 12.3 Å². The first-order valence-corrected chi connectivity index (χ1v) is 5.30. The fourth-order valence-corrected chi connectivity index (χ4v) is 1.73. The summed E-state index contributed by atoms with van der Waals surface area (Å²) in [4.78, 5) is 8.01. The maximum Gasteiger partial charge on any atom is 0.224 e. The number of rotatable bonds is 2. The van der Waals surface area contributed by atoms with Crippen LogP contribution in [0, 0.1) is 11.3 Å². The molecule has 9 heteroatoms. The number of nitrogens with one attached hydrogen (secondary N) is 1. The van der Waals surface area contributed by atoms with E-state index in [1.165, 1.54) is 4.68 Å². The smallest absolute Gasteiger partial charge is 0.224 e. The molecular weight excluding hydrogens is 248 g/mol. The van der Waals surface area contributed by atoms with Gasteiger partial charge < -0.3 is 10.8 Å². The van der Waals surface area contributed by atoms with Crippen LogP contribution in [0.3, 0.4) is 0 Å². The molecule has 0 aliphatic rings. The molecule has 0 saturated carbocycles. The summed E-state index contributed by atoms with van der Waals surface area (Å²) in [6.45, 7) is -0.187. The van der Waals surface area contributed by atoms with Crippen molar-refractivity contribution >= 4 is 17.0 Å². The molecule has 0 fully saturated rings. The summed E-state index contributed by atoms with van der Waals surface area (Å²) in [7, 11) is 0. The van der Waals surface area contributed by atoms with Crippen LogP contribution in [-0.2, 0) is 6.61 Å². The molecular formula is C10H8N8O. The highest BCUT2D eigenvalue weighted by molar-refractivity contribution is 5.87. The van der Waals surface area contributed by atoms with E-state index in [2.05, 4.69) is 25.3 Å². The van der Waals surface area contributed by atoms with Gasteiger partial charge in [-0.3, -0.25) is 5.10 Å². The van der Waals surface area contributed by atoms with Crippen LogP contribution in [0.1, 0.15) is 11.4 Å². The number of nitrogen functional groups attached to an aromatic ring is 1. The third kappa shape index (κ3) is 1.67. The zero-order valence-electron chi connectivity index (χ0n) is 9.57. The predicted molar refractivity (Wildman–Crippen MR) is 63.9 cm³/mol. The SMILES string of the molecule is N#Cc1[nH]nc2nc(N)nc(-n3ccc(CO)n3)c12. The van der Waals surface area contributed by atoms with Crippen LogP contribution in [0.2, 0.25) is 0 Å². The number of nitrogens with two attached hydrogens (primary N) is 1. The van der Waals surface area contributed by atoms with E-state index in [1.807, 2.05) is 6.07 Å². The molecule has 0 bridgehead atoms. The van der Waals surface area contributed by atoms with Gasteiger partial charge in [-0.15, -0.1) is 0 Å². The van der Waals surface area contributed by atoms with Gasteiger partial charge in [-0.2, -0.15) is 25.4 Å². The van der Waals surface area contributed by atoms with Crippen molar-refractivity contribution in [3.8, 4) is 11.9 Å². The lowest BCUT2D eigenvalue weighted by Crippen LogP contribution is -2.05. The van der Waals surface area contributed by atoms with Crippen molar-refractivity contribution in [2.45, 2.75) is 6.61 Å². The fourth-order valence-electron chi connectivity index (χ4n) is 1.73. The molecule has 3 rings (SSSR count). The zero-order valence-corrected chi connectivity index (χ0v) is 9.57. The van der Waals surface area contributed by atoms with Crippen LogP contribution >= 0.6 is 0 Å². The van der Waals surface area contributed by atoms with E-state index in [0.29, 0.717) is 22.5 Å². The standard InChI is InChI=1S/C10H8N8O/c11-3-6-7-8(16-15-6)13-10(12)14-9(7)18-2-1-5(4-19)17-18/h1-2,19H,4H2,(H3,12,13,14,15,16). The molecule has 19 heavy (non-hydrogen) atoms. The van der Waals surface area contributed by atoms with Gasteiger partial charge in [0.25, 0.3) is 0 Å². The van der Waals surface area contributed by atoms with Gasteiger partial charge in [0.1, 0.15) is 17.1 Å². The minimum absolute atomic E-state index is 0.0274. The van der Waals surface area contributed by atoms with Crippen molar-refractivity contribution in [3.63, 3.8) is 0 Å². The topological polar surface area (TPSA) is 142 Å². The molecule has 94 valence electrons. The number of hydrogen-bond donors (Lipinski definition) is 3. The maximum absolute atomic E-state index is 9.04. The van der Waals surface area contributed by atoms with Crippen molar-refractivity contribution in [2.75, 3.05) is 5.73 Å². The lowest BCUT2D eigenvalue weighted by Gasteiger charge is -2.02. The van der Waals surface area contributed by atoms with Gasteiger partial charge in [0, 0.05) is 6.20 Å². The molecule has 4 N–H and O–H groups in total. The Morgan fingerprint density at radius 1 is 1.47 bits per heavy atom. The van der Waals surface area contributed by atoms with Gasteiger partial charge in [0.15, 0.2) is 11.5 Å². The Labute approximate surface area is 106 Å². The Hall–Kier alpha value is -2.99. The van der Waals surface area contributed by atoms with E-state index in [0.717, 1.165) is 0 Å². The number of anilines is 1. The van der Waals surface area contributed by atoms with Crippen molar-refractivity contribution < 1.29 is 5.11 Å². The zero-order chi connectivity index (χ0) is 13.4. The van der Waals surface area contributed by atoms with E-state index in [-0.39, 0.29) is 18.2 Å². The normalized spacial score (nSPS) is 10.7. The average Bonchev–Trinajstić information content (AvgIpc) is 3.03. The number of aromatic nitrogens is 6. The Kier molecular flexibility index (Phi) is 2.36. The molecule has 0 aromatic carbocycles. The molecule has 0 atom stereocenters. The van der Waals surface area contributed by atoms with Crippen molar-refractivity contribution in [2.24, 2.45) is 0 Å². The van der Waals surface area contributed by atoms with Gasteiger partial charge >= 0.3 is 0 Å². The minimum Gasteiger partial charge on any atom is -0.390 e. The first kappa shape index (κ1) is 11.1. The van der Waals surface area contributed by atoms with Crippen molar-refractivity contribution in [1.82, 2.24) is 29.9 Å². The highest BCUT2D eigenvalue weighted by Crippen LogP contribution is 2.21. The van der Waals surface area contributed by atoms with E-state index < -0.39 is 0 Å². The number of nitrogens with zero attached hydrogens (tertiary/aromatic N) is 6. The average molecular weight is 256 g/mol. The van der Waals surface area contributed by atoms with Crippen molar-refractivity contribution in [1.29, 1.82) is 5.26 Å². The Balaban J connectivity index is 2.32. The lowest BCUT2D eigenvalue weighted by atomic mass is 10.3. The second kappa shape index (κ2) is 4.04. The van der Waals surface area contributed by atoms with Crippen molar-refractivity contribution in [3.05, 3.63) is 23.7 Å². The summed E-state index contributed by atoms with van der Waals surface area (Å²) >= 11 is 0. The predicted octanol–water partition coefficient (Wildman–Crippen LogP) is -0.515. The molecule has 0 spiro atoms. The summed E-state index contributed by atoms with van der Waals surface area (Å²) in [5.74, 6) is 0.368. The number of nitriles is 1. The molecule has 0 aliphatic carbocycles. The fraction of sp³-hybridized carbons (Fsp3) is 0.100. The molecule has 0 unspecified atom stereocenters. The molecule has 3 heterocycles. The third-order valence-electron chi connectivity index (χ3n) is 2.55. The summed E-state index contributed by atoms with van der Waals surface area (Å²) < 4.78 is 1.42. The van der Waals surface area contributed by atoms with Gasteiger partial charge in [-0.05, 0) is 6.07 Å². The van der Waals surface area contributed by atoms with Gasteiger partial charge in [0.2, 0.25) is 5.95 Å². The highest BCUT2D eigenvalue weighted by Gasteiger charge is 2.16. The number of hydrogen-bond acceptors (Lipinski definition) is 7. The second-order valence-electron chi connectivity index (χ2n) is 3.72. The first-order valence-electron chi connectivity index (χ1n) is 5.30. The first-order chi connectivity index (χ1) is 9.22. The summed E-state index contributed by atoms with van der Waals surface area (Å²) in [5, 5.41) is 29.1. The van der Waals surface area contributed by atoms with E-state index >= 15 is 0 Å². The largest absolute Gasteiger partial charge is 0.390 e. The van der Waals surface area contributed by atoms with Gasteiger partial charge in [0.05, 0.1) is 12.3 Å². The van der Waals surface area contributed by atoms with Gasteiger partial charge in [-0.1, -0.05) is 0 Å². The van der Waals surface area contributed by atoms with Crippen LogP contribution in [0.5, 0.6) is 0 Å². The molecule has 0 amide bonds. The monoisotopic (exact) mass is 256 g/mol. The molecule has 3 aromatic rings. The number of aliphatic hydroxyl groups is 1. The molecule has 3 aromatic heterocycles. The highest BCUT2D eigenvalue weighted by atomic mass is 16.3. The third-order valence-corrected chi connectivity index (χ3v) is 2.55. The van der Waals surface area contributed by atoms with E-state index in [1.54, 1.807) is 12.3 Å². The molecule has 9 nitrogen and oxygen atoms in total. The van der Waals surface area contributed by atoms with Crippen LogP contribution in [-0.4, -0.2) is 35.1 Å². The quantitative estimate of drug-likeness (QED) is 0.560. The summed E-state index contributed by atoms with van der Waals surface area (Å²) in [5.41, 5.74) is 6.60. The summed E-state index contributed by atoms with van der Waals surface area (Å²) in [6.07, 6.45) is 1.61. The Morgan fingerprint density at radius 3 is 3.00 bits per heavy atom. The number of aliphatic hydroxyl groups excluding tert-OH is 1. The molecule has 0 aliphatic heterocycles. The maximum atomic E-state index is 9.04. The number of fused-ring (bicyclic) bond motifs is 1. The minimum atomic E-state index is -0.187. The van der Waals surface area contributed by atoms with E-state index in [9.17, 15) is 0 Å². The van der Waals surface area contributed by atoms with Gasteiger partial charge in [-0.25, -0.2) is 4.68 Å². The van der Waals surface area contributed by atoms with Crippen LogP contribution < -0.4 is 5.73 Å². The lowest BCUT2D eigenvalue weighted by molar-refractivity contribution is 0.276.